The van der Waals surface area contributed by atoms with Gasteiger partial charge in [-0.05, 0) is 105 Å². The summed E-state index contributed by atoms with van der Waals surface area (Å²) in [5.41, 5.74) is 3.30. The van der Waals surface area contributed by atoms with Gasteiger partial charge in [0.1, 0.15) is 18.7 Å². The van der Waals surface area contributed by atoms with E-state index in [0.717, 1.165) is 17.7 Å². The number of rotatable bonds is 21. The predicted molar refractivity (Wildman–Crippen MR) is 257 cm³/mol. The first-order valence-corrected chi connectivity index (χ1v) is 23.8. The van der Waals surface area contributed by atoms with Crippen LogP contribution in [0, 0.1) is 5.92 Å². The van der Waals surface area contributed by atoms with Crippen molar-refractivity contribution in [3.8, 4) is 0 Å². The highest BCUT2D eigenvalue weighted by molar-refractivity contribution is 6.12. The van der Waals surface area contributed by atoms with Crippen LogP contribution in [0.4, 0.5) is 21.0 Å². The molecule has 6 rings (SSSR count). The van der Waals surface area contributed by atoms with E-state index in [-0.39, 0.29) is 55.2 Å². The highest BCUT2D eigenvalue weighted by Gasteiger charge is 2.34. The largest absolute Gasteiger partial charge is 0.444 e. The molecule has 3 heterocycles. The maximum absolute atomic E-state index is 13.4. The van der Waals surface area contributed by atoms with Crippen LogP contribution in [0.2, 0.25) is 0 Å². The number of unbranched alkanes of at least 4 members (excludes halogenated alkanes) is 3. The predicted octanol–water partition coefficient (Wildman–Crippen LogP) is 5.37. The molecular weight excluding hydrogens is 885 g/mol. The number of imide groups is 1. The van der Waals surface area contributed by atoms with Crippen LogP contribution in [-0.4, -0.2) is 111 Å². The molecule has 0 unspecified atom stereocenters. The Morgan fingerprint density at radius 2 is 1.41 bits per heavy atom. The second kappa shape index (κ2) is 24.3. The molecule has 3 aromatic rings. The molecule has 0 aliphatic carbocycles. The third-order valence-corrected chi connectivity index (χ3v) is 12.6. The molecular formula is C51H64N8O10. The fourth-order valence-corrected chi connectivity index (χ4v) is 8.42. The van der Waals surface area contributed by atoms with Crippen LogP contribution >= 0.6 is 0 Å². The fraction of sp³-hybridized carbons (Fsp3) is 0.451. The number of fused-ring (bicyclic) bond motifs is 1. The SMILES string of the molecule is CC(C)[C@@H](NC(=O)CCCCCN1C(=O)C=CC1=O)C(=O)N[C@H](C)C(=O)Nc1ccc(COC(=O)Nc2cccc(C(=O)N3CCC(O)(CCCCNC(=O)N4Cc5ccccc5C4)CC3)c2)cc1. The van der Waals surface area contributed by atoms with E-state index in [0.29, 0.717) is 93.8 Å². The molecule has 18 nitrogen and oxygen atoms in total. The smallest absolute Gasteiger partial charge is 0.411 e. The number of hydrogen-bond donors (Lipinski definition) is 6. The lowest BCUT2D eigenvalue weighted by molar-refractivity contribution is -0.137. The summed E-state index contributed by atoms with van der Waals surface area (Å²) in [5.74, 6) is -2.46. The fourth-order valence-electron chi connectivity index (χ4n) is 8.42. The van der Waals surface area contributed by atoms with Crippen molar-refractivity contribution in [1.82, 2.24) is 30.7 Å². The zero-order chi connectivity index (χ0) is 49.5. The van der Waals surface area contributed by atoms with Crippen LogP contribution in [-0.2, 0) is 48.4 Å². The van der Waals surface area contributed by atoms with Gasteiger partial charge in [-0.15, -0.1) is 0 Å². The maximum atomic E-state index is 13.4. The van der Waals surface area contributed by atoms with Crippen LogP contribution < -0.4 is 26.6 Å². The third kappa shape index (κ3) is 15.0. The number of benzene rings is 3. The van der Waals surface area contributed by atoms with Crippen molar-refractivity contribution in [3.63, 3.8) is 0 Å². The Hall–Kier alpha value is -7.08. The van der Waals surface area contributed by atoms with Crippen molar-refractivity contribution in [1.29, 1.82) is 0 Å². The summed E-state index contributed by atoms with van der Waals surface area (Å²) in [7, 11) is 0. The van der Waals surface area contributed by atoms with Crippen LogP contribution in [0.15, 0.2) is 84.9 Å². The zero-order valence-corrected chi connectivity index (χ0v) is 39.6. The van der Waals surface area contributed by atoms with E-state index in [1.807, 2.05) is 24.3 Å². The van der Waals surface area contributed by atoms with Gasteiger partial charge in [-0.25, -0.2) is 9.59 Å². The van der Waals surface area contributed by atoms with Gasteiger partial charge in [0, 0.05) is 74.8 Å². The summed E-state index contributed by atoms with van der Waals surface area (Å²) in [6, 6.07) is 19.3. The quantitative estimate of drug-likeness (QED) is 0.0590. The summed E-state index contributed by atoms with van der Waals surface area (Å²) < 4.78 is 5.41. The number of hydrogen-bond acceptors (Lipinski definition) is 10. The minimum atomic E-state index is -0.935. The lowest BCUT2D eigenvalue weighted by Crippen LogP contribution is -2.53. The van der Waals surface area contributed by atoms with Crippen molar-refractivity contribution in [2.24, 2.45) is 5.92 Å². The number of anilines is 2. The Bertz CT molecular complexity index is 2340. The van der Waals surface area contributed by atoms with Gasteiger partial charge in [-0.2, -0.15) is 0 Å². The standard InChI is InChI=1S/C51H64N8O10/c1-34(2)45(56-42(60)16-5-4-10-27-59-43(61)21-22-44(59)62)47(64)53-35(3)46(63)54-40-19-17-36(18-20-40)33-69-50(67)55-41-15-11-14-37(30-41)48(65)57-28-24-51(68,25-29-57)23-8-9-26-52-49(66)58-31-38-12-6-7-13-39(38)32-58/h6-7,11-15,17-22,30,34-35,45,68H,4-5,8-10,16,23-29,31-33H2,1-3H3,(H,52,66)(H,53,64)(H,54,63)(H,55,67)(H,56,60)/t35-,45-/m1/s1. The molecule has 0 bridgehead atoms. The van der Waals surface area contributed by atoms with Crippen molar-refractivity contribution < 1.29 is 48.2 Å². The van der Waals surface area contributed by atoms with Gasteiger partial charge >= 0.3 is 12.1 Å². The summed E-state index contributed by atoms with van der Waals surface area (Å²) in [5, 5.41) is 25.1. The summed E-state index contributed by atoms with van der Waals surface area (Å²) in [4.78, 5) is 106. The lowest BCUT2D eigenvalue weighted by Gasteiger charge is -2.38. The highest BCUT2D eigenvalue weighted by Crippen LogP contribution is 2.29. The van der Waals surface area contributed by atoms with Crippen LogP contribution in [0.1, 0.15) is 106 Å². The van der Waals surface area contributed by atoms with Gasteiger partial charge in [-0.3, -0.25) is 39.0 Å². The number of carbonyl (C=O) groups excluding carboxylic acids is 8. The normalized spacial score (nSPS) is 15.9. The van der Waals surface area contributed by atoms with E-state index in [9.17, 15) is 43.5 Å². The second-order valence-corrected chi connectivity index (χ2v) is 18.3. The molecule has 6 N–H and O–H groups in total. The molecule has 9 amide bonds. The molecule has 0 saturated carbocycles. The van der Waals surface area contributed by atoms with Crippen molar-refractivity contribution in [2.75, 3.05) is 36.8 Å². The molecule has 1 saturated heterocycles. The Morgan fingerprint density at radius 3 is 2.07 bits per heavy atom. The van der Waals surface area contributed by atoms with Gasteiger partial charge in [0.05, 0.1) is 5.60 Å². The first-order chi connectivity index (χ1) is 33.1. The number of piperidine rings is 1. The molecule has 3 aliphatic rings. The number of ether oxygens (including phenoxy) is 1. The Kier molecular flexibility index (Phi) is 18.1. The minimum absolute atomic E-state index is 0.0784. The average molecular weight is 949 g/mol. The van der Waals surface area contributed by atoms with Gasteiger partial charge in [-0.1, -0.05) is 62.7 Å². The molecule has 69 heavy (non-hydrogen) atoms. The second-order valence-electron chi connectivity index (χ2n) is 18.3. The molecule has 0 radical (unpaired) electrons. The Balaban J connectivity index is 0.845. The number of likely N-dealkylation sites (tertiary alicyclic amines) is 1. The average Bonchev–Trinajstić information content (AvgIpc) is 3.92. The molecule has 1 fully saturated rings. The number of amides is 9. The number of nitrogens with one attached hydrogen (secondary N) is 5. The van der Waals surface area contributed by atoms with Crippen molar-refractivity contribution >= 4 is 58.9 Å². The molecule has 3 aromatic carbocycles. The van der Waals surface area contributed by atoms with Crippen LogP contribution in [0.25, 0.3) is 0 Å². The Labute approximate surface area is 402 Å². The Morgan fingerprint density at radius 1 is 0.725 bits per heavy atom. The van der Waals surface area contributed by atoms with Gasteiger partial charge in [0.2, 0.25) is 17.7 Å². The number of urea groups is 1. The molecule has 0 spiro atoms. The lowest BCUT2D eigenvalue weighted by atomic mass is 9.86. The summed E-state index contributed by atoms with van der Waals surface area (Å²) in [6.07, 6.45) is 6.50. The van der Waals surface area contributed by atoms with E-state index in [2.05, 4.69) is 26.6 Å². The van der Waals surface area contributed by atoms with E-state index in [1.165, 1.54) is 30.2 Å². The van der Waals surface area contributed by atoms with Gasteiger partial charge in [0.25, 0.3) is 17.7 Å². The van der Waals surface area contributed by atoms with E-state index in [1.54, 1.807) is 72.2 Å². The first kappa shape index (κ1) is 51.3. The van der Waals surface area contributed by atoms with E-state index in [4.69, 9.17) is 4.74 Å². The van der Waals surface area contributed by atoms with Gasteiger partial charge in [0.15, 0.2) is 0 Å². The number of nitrogens with zero attached hydrogens (tertiary/aromatic N) is 3. The summed E-state index contributed by atoms with van der Waals surface area (Å²) >= 11 is 0. The molecule has 368 valence electrons. The van der Waals surface area contributed by atoms with E-state index < -0.39 is 35.6 Å². The molecule has 3 aliphatic heterocycles. The molecule has 18 heteroatoms. The minimum Gasteiger partial charge on any atom is -0.444 e. The van der Waals surface area contributed by atoms with Gasteiger partial charge < -0.3 is 40.9 Å². The van der Waals surface area contributed by atoms with Crippen molar-refractivity contribution in [2.45, 2.75) is 116 Å². The van der Waals surface area contributed by atoms with Crippen LogP contribution in [0.3, 0.4) is 0 Å². The topological polar surface area (TPSA) is 236 Å². The van der Waals surface area contributed by atoms with Crippen LogP contribution in [0.5, 0.6) is 0 Å². The van der Waals surface area contributed by atoms with E-state index >= 15 is 0 Å². The maximum Gasteiger partial charge on any atom is 0.411 e. The third-order valence-electron chi connectivity index (χ3n) is 12.6. The monoisotopic (exact) mass is 948 g/mol. The van der Waals surface area contributed by atoms with Crippen molar-refractivity contribution in [3.05, 3.63) is 107 Å². The number of carbonyl (C=O) groups is 8. The highest BCUT2D eigenvalue weighted by atomic mass is 16.5. The molecule has 2 atom stereocenters. The summed E-state index contributed by atoms with van der Waals surface area (Å²) in [6.45, 7) is 7.81. The number of aliphatic hydroxyl groups is 1. The first-order valence-electron chi connectivity index (χ1n) is 23.8. The zero-order valence-electron chi connectivity index (χ0n) is 39.6. The molecule has 0 aromatic heterocycles.